The monoisotopic (exact) mass is 218 g/mol. The van der Waals surface area contributed by atoms with E-state index in [1.807, 2.05) is 6.92 Å². The molecule has 2 rings (SSSR count). The summed E-state index contributed by atoms with van der Waals surface area (Å²) >= 11 is 0. The minimum atomic E-state index is -1.00. The SMILES string of the molecule is CCc1cc(-n2cc(C(=O)O)cn2)ncn1. The Morgan fingerprint density at radius 2 is 2.31 bits per heavy atom. The van der Waals surface area contributed by atoms with E-state index in [-0.39, 0.29) is 5.56 Å². The quantitative estimate of drug-likeness (QED) is 0.828. The van der Waals surface area contributed by atoms with Gasteiger partial charge in [-0.05, 0) is 6.42 Å². The summed E-state index contributed by atoms with van der Waals surface area (Å²) in [4.78, 5) is 18.8. The third-order valence-electron chi connectivity index (χ3n) is 2.14. The number of rotatable bonds is 3. The Kier molecular flexibility index (Phi) is 2.63. The van der Waals surface area contributed by atoms with Crippen molar-refractivity contribution in [1.29, 1.82) is 0 Å². The molecule has 0 saturated carbocycles. The van der Waals surface area contributed by atoms with Crippen LogP contribution in [0.3, 0.4) is 0 Å². The van der Waals surface area contributed by atoms with Crippen molar-refractivity contribution in [3.63, 3.8) is 0 Å². The number of carboxylic acid groups (broad SMARTS) is 1. The van der Waals surface area contributed by atoms with E-state index < -0.39 is 5.97 Å². The fraction of sp³-hybridized carbons (Fsp3) is 0.200. The number of carbonyl (C=O) groups is 1. The number of nitrogens with zero attached hydrogens (tertiary/aromatic N) is 4. The van der Waals surface area contributed by atoms with Gasteiger partial charge in [0.05, 0.1) is 11.8 Å². The fourth-order valence-corrected chi connectivity index (χ4v) is 1.26. The minimum Gasteiger partial charge on any atom is -0.478 e. The predicted molar refractivity (Wildman–Crippen MR) is 55.5 cm³/mol. The van der Waals surface area contributed by atoms with Crippen molar-refractivity contribution in [2.24, 2.45) is 0 Å². The molecule has 0 radical (unpaired) electrons. The van der Waals surface area contributed by atoms with E-state index in [0.717, 1.165) is 12.1 Å². The van der Waals surface area contributed by atoms with Crippen LogP contribution in [-0.2, 0) is 6.42 Å². The van der Waals surface area contributed by atoms with Gasteiger partial charge in [0.25, 0.3) is 0 Å². The van der Waals surface area contributed by atoms with Crippen LogP contribution in [0.4, 0.5) is 0 Å². The molecule has 6 nitrogen and oxygen atoms in total. The van der Waals surface area contributed by atoms with Crippen LogP contribution in [0.1, 0.15) is 23.0 Å². The lowest BCUT2D eigenvalue weighted by atomic mass is 10.3. The fourth-order valence-electron chi connectivity index (χ4n) is 1.26. The lowest BCUT2D eigenvalue weighted by molar-refractivity contribution is 0.0697. The van der Waals surface area contributed by atoms with E-state index in [2.05, 4.69) is 15.1 Å². The number of carboxylic acids is 1. The van der Waals surface area contributed by atoms with Crippen molar-refractivity contribution in [1.82, 2.24) is 19.7 Å². The maximum absolute atomic E-state index is 10.7. The third-order valence-corrected chi connectivity index (χ3v) is 2.14. The summed E-state index contributed by atoms with van der Waals surface area (Å²) < 4.78 is 1.42. The number of hydrogen-bond donors (Lipinski definition) is 1. The first-order valence-electron chi connectivity index (χ1n) is 4.80. The molecule has 82 valence electrons. The molecule has 0 aromatic carbocycles. The topological polar surface area (TPSA) is 80.9 Å². The molecular weight excluding hydrogens is 208 g/mol. The van der Waals surface area contributed by atoms with E-state index in [1.165, 1.54) is 23.4 Å². The molecule has 0 unspecified atom stereocenters. The second-order valence-corrected chi connectivity index (χ2v) is 3.20. The molecule has 2 heterocycles. The van der Waals surface area contributed by atoms with Gasteiger partial charge < -0.3 is 5.11 Å². The summed E-state index contributed by atoms with van der Waals surface area (Å²) in [5.41, 5.74) is 1.02. The molecule has 0 spiro atoms. The Bertz CT molecular complexity index is 521. The van der Waals surface area contributed by atoms with Crippen molar-refractivity contribution in [3.05, 3.63) is 36.0 Å². The first-order chi connectivity index (χ1) is 7.70. The zero-order valence-corrected chi connectivity index (χ0v) is 8.66. The average Bonchev–Trinajstić information content (AvgIpc) is 2.78. The molecule has 0 saturated heterocycles. The zero-order chi connectivity index (χ0) is 11.5. The average molecular weight is 218 g/mol. The molecule has 0 amide bonds. The Morgan fingerprint density at radius 1 is 1.50 bits per heavy atom. The van der Waals surface area contributed by atoms with E-state index in [1.54, 1.807) is 6.07 Å². The molecular formula is C10H10N4O2. The normalized spacial score (nSPS) is 10.3. The van der Waals surface area contributed by atoms with Gasteiger partial charge in [-0.1, -0.05) is 6.92 Å². The van der Waals surface area contributed by atoms with Crippen molar-refractivity contribution in [3.8, 4) is 5.82 Å². The third kappa shape index (κ3) is 1.90. The smallest absolute Gasteiger partial charge is 0.338 e. The summed E-state index contributed by atoms with van der Waals surface area (Å²) in [5.74, 6) is -0.435. The highest BCUT2D eigenvalue weighted by atomic mass is 16.4. The van der Waals surface area contributed by atoms with Crippen LogP contribution in [0.2, 0.25) is 0 Å². The highest BCUT2D eigenvalue weighted by molar-refractivity contribution is 5.86. The predicted octanol–water partition coefficient (Wildman–Crippen LogP) is 0.923. The van der Waals surface area contributed by atoms with E-state index in [0.29, 0.717) is 5.82 Å². The second kappa shape index (κ2) is 4.09. The van der Waals surface area contributed by atoms with Crippen molar-refractivity contribution >= 4 is 5.97 Å². The van der Waals surface area contributed by atoms with Crippen LogP contribution in [0.5, 0.6) is 0 Å². The maximum atomic E-state index is 10.7. The molecule has 0 atom stereocenters. The first-order valence-corrected chi connectivity index (χ1v) is 4.80. The van der Waals surface area contributed by atoms with Crippen molar-refractivity contribution in [2.75, 3.05) is 0 Å². The lowest BCUT2D eigenvalue weighted by Crippen LogP contribution is -2.00. The summed E-state index contributed by atoms with van der Waals surface area (Å²) in [6, 6.07) is 1.78. The zero-order valence-electron chi connectivity index (χ0n) is 8.66. The highest BCUT2D eigenvalue weighted by Crippen LogP contribution is 2.06. The molecule has 0 aliphatic carbocycles. The summed E-state index contributed by atoms with van der Waals surface area (Å²) in [6.45, 7) is 1.98. The van der Waals surface area contributed by atoms with Gasteiger partial charge in [0.2, 0.25) is 0 Å². The van der Waals surface area contributed by atoms with Crippen LogP contribution in [0.25, 0.3) is 5.82 Å². The molecule has 6 heteroatoms. The van der Waals surface area contributed by atoms with Gasteiger partial charge in [-0.3, -0.25) is 0 Å². The van der Waals surface area contributed by atoms with Crippen LogP contribution in [0, 0.1) is 0 Å². The Hall–Kier alpha value is -2.24. The molecule has 0 bridgehead atoms. The van der Waals surface area contributed by atoms with Crippen LogP contribution < -0.4 is 0 Å². The Morgan fingerprint density at radius 3 is 2.94 bits per heavy atom. The van der Waals surface area contributed by atoms with Gasteiger partial charge in [-0.2, -0.15) is 5.10 Å². The second-order valence-electron chi connectivity index (χ2n) is 3.20. The molecule has 0 aliphatic rings. The minimum absolute atomic E-state index is 0.136. The Labute approximate surface area is 91.6 Å². The molecule has 16 heavy (non-hydrogen) atoms. The van der Waals surface area contributed by atoms with Gasteiger partial charge in [-0.15, -0.1) is 0 Å². The standard InChI is InChI=1S/C10H10N4O2/c1-2-8-3-9(12-6-11-8)14-5-7(4-13-14)10(15)16/h3-6H,2H2,1H3,(H,15,16). The van der Waals surface area contributed by atoms with E-state index >= 15 is 0 Å². The van der Waals surface area contributed by atoms with E-state index in [9.17, 15) is 4.79 Å². The molecule has 0 aliphatic heterocycles. The van der Waals surface area contributed by atoms with Crippen molar-refractivity contribution in [2.45, 2.75) is 13.3 Å². The van der Waals surface area contributed by atoms with Crippen LogP contribution in [0.15, 0.2) is 24.8 Å². The molecule has 1 N–H and O–H groups in total. The van der Waals surface area contributed by atoms with Gasteiger partial charge in [0.1, 0.15) is 6.33 Å². The molecule has 2 aromatic heterocycles. The number of hydrogen-bond acceptors (Lipinski definition) is 4. The number of aryl methyl sites for hydroxylation is 1. The Balaban J connectivity index is 2.38. The van der Waals surface area contributed by atoms with Crippen molar-refractivity contribution < 1.29 is 9.90 Å². The van der Waals surface area contributed by atoms with Gasteiger partial charge in [0, 0.05) is 18.0 Å². The van der Waals surface area contributed by atoms with Gasteiger partial charge in [0.15, 0.2) is 5.82 Å². The number of aromatic carboxylic acids is 1. The molecule has 0 fully saturated rings. The van der Waals surface area contributed by atoms with Crippen LogP contribution in [-0.4, -0.2) is 30.8 Å². The maximum Gasteiger partial charge on any atom is 0.338 e. The molecule has 2 aromatic rings. The van der Waals surface area contributed by atoms with Gasteiger partial charge >= 0.3 is 5.97 Å². The lowest BCUT2D eigenvalue weighted by Gasteiger charge is -2.00. The van der Waals surface area contributed by atoms with E-state index in [4.69, 9.17) is 5.11 Å². The number of aromatic nitrogens is 4. The van der Waals surface area contributed by atoms with Gasteiger partial charge in [-0.25, -0.2) is 19.4 Å². The largest absolute Gasteiger partial charge is 0.478 e. The summed E-state index contributed by atoms with van der Waals surface area (Å²) in [5, 5.41) is 12.7. The summed E-state index contributed by atoms with van der Waals surface area (Å²) in [6.07, 6.45) is 4.94. The first kappa shape index (κ1) is 10.3. The summed E-state index contributed by atoms with van der Waals surface area (Å²) in [7, 11) is 0. The highest BCUT2D eigenvalue weighted by Gasteiger charge is 2.08. The van der Waals surface area contributed by atoms with Crippen LogP contribution >= 0.6 is 0 Å².